The molecule has 1 N–H and O–H groups in total. The van der Waals surface area contributed by atoms with Crippen LogP contribution in [0.4, 0.5) is 0 Å². The van der Waals surface area contributed by atoms with Gasteiger partial charge < -0.3 is 10.1 Å². The van der Waals surface area contributed by atoms with E-state index < -0.39 is 0 Å². The number of rotatable bonds is 1. The van der Waals surface area contributed by atoms with Crippen molar-refractivity contribution in [2.75, 3.05) is 7.11 Å². The molecule has 1 rings (SSSR count). The molecule has 0 aliphatic carbocycles. The van der Waals surface area contributed by atoms with E-state index in [4.69, 9.17) is 4.74 Å². The van der Waals surface area contributed by atoms with Crippen LogP contribution in [0.5, 0.6) is 0 Å². The molecule has 1 atom stereocenters. The molecule has 1 aliphatic heterocycles. The maximum atomic E-state index is 10.4. The second kappa shape index (κ2) is 2.13. The average Bonchev–Trinajstić information content (AvgIpc) is 2.14. The first-order chi connectivity index (χ1) is 3.83. The van der Waals surface area contributed by atoms with Crippen LogP contribution in [0, 0.1) is 6.42 Å². The Kier molecular flexibility index (Phi) is 1.48. The fourth-order valence-corrected chi connectivity index (χ4v) is 0.646. The number of hydrogen-bond acceptors (Lipinski definition) is 2. The summed E-state index contributed by atoms with van der Waals surface area (Å²) in [6, 6.07) is 0. The molecule has 0 spiro atoms. The first-order valence-electron chi connectivity index (χ1n) is 2.48. The van der Waals surface area contributed by atoms with Gasteiger partial charge in [0.15, 0.2) is 0 Å². The normalized spacial score (nSPS) is 28.1. The number of nitrogens with one attached hydrogen (secondary N) is 1. The smallest absolute Gasteiger partial charge is 0.222 e. The summed E-state index contributed by atoms with van der Waals surface area (Å²) in [4.78, 5) is 10.4. The molecule has 1 saturated heterocycles. The Morgan fingerprint density at radius 2 is 2.75 bits per heavy atom. The lowest BCUT2D eigenvalue weighted by Crippen LogP contribution is -2.26. The number of ether oxygens (including phenoxy) is 1. The Bertz CT molecular complexity index is 103. The van der Waals surface area contributed by atoms with Crippen molar-refractivity contribution in [1.29, 1.82) is 0 Å². The standard InChI is InChI=1S/C5H8NO2/c1-8-5-3-2-4(7)6-5/h3,5H,2H2,1H3,(H,6,7). The molecular weight excluding hydrogens is 106 g/mol. The summed E-state index contributed by atoms with van der Waals surface area (Å²) < 4.78 is 4.79. The number of carbonyl (C=O) groups excluding carboxylic acids is 1. The van der Waals surface area contributed by atoms with Crippen LogP contribution in [-0.2, 0) is 9.53 Å². The Balaban J connectivity index is 2.32. The van der Waals surface area contributed by atoms with Crippen LogP contribution < -0.4 is 5.32 Å². The third-order valence-corrected chi connectivity index (χ3v) is 1.07. The fraction of sp³-hybridized carbons (Fsp3) is 0.600. The molecule has 0 aromatic carbocycles. The summed E-state index contributed by atoms with van der Waals surface area (Å²) in [7, 11) is 1.56. The molecule has 1 heterocycles. The van der Waals surface area contributed by atoms with Crippen LogP contribution in [0.15, 0.2) is 0 Å². The molecule has 1 aliphatic rings. The van der Waals surface area contributed by atoms with E-state index in [9.17, 15) is 4.79 Å². The summed E-state index contributed by atoms with van der Waals surface area (Å²) in [6.07, 6.45) is 2.13. The van der Waals surface area contributed by atoms with E-state index in [0.29, 0.717) is 6.42 Å². The zero-order valence-electron chi connectivity index (χ0n) is 4.68. The summed E-state index contributed by atoms with van der Waals surface area (Å²) in [5.41, 5.74) is 0. The molecule has 8 heavy (non-hydrogen) atoms. The Labute approximate surface area is 48.0 Å². The van der Waals surface area contributed by atoms with Crippen LogP contribution in [0.25, 0.3) is 0 Å². The Morgan fingerprint density at radius 3 is 3.00 bits per heavy atom. The molecule has 0 aromatic rings. The highest BCUT2D eigenvalue weighted by Crippen LogP contribution is 2.03. The van der Waals surface area contributed by atoms with Gasteiger partial charge in [-0.1, -0.05) is 0 Å². The second-order valence-corrected chi connectivity index (χ2v) is 1.66. The molecule has 0 aromatic heterocycles. The minimum atomic E-state index is -0.150. The van der Waals surface area contributed by atoms with E-state index in [0.717, 1.165) is 0 Å². The fourth-order valence-electron chi connectivity index (χ4n) is 0.646. The van der Waals surface area contributed by atoms with Gasteiger partial charge in [0.2, 0.25) is 5.91 Å². The number of carbonyl (C=O) groups is 1. The van der Waals surface area contributed by atoms with Gasteiger partial charge in [-0.2, -0.15) is 0 Å². The molecule has 1 radical (unpaired) electrons. The van der Waals surface area contributed by atoms with E-state index in [1.165, 1.54) is 0 Å². The van der Waals surface area contributed by atoms with Crippen molar-refractivity contribution in [2.45, 2.75) is 12.6 Å². The summed E-state index contributed by atoms with van der Waals surface area (Å²) >= 11 is 0. The maximum absolute atomic E-state index is 10.4. The summed E-state index contributed by atoms with van der Waals surface area (Å²) in [5.74, 6) is 0.0388. The summed E-state index contributed by atoms with van der Waals surface area (Å²) in [6.45, 7) is 0. The Morgan fingerprint density at radius 1 is 2.00 bits per heavy atom. The van der Waals surface area contributed by atoms with Crippen molar-refractivity contribution in [1.82, 2.24) is 5.32 Å². The Hall–Kier alpha value is -0.570. The van der Waals surface area contributed by atoms with Crippen LogP contribution in [-0.4, -0.2) is 19.2 Å². The van der Waals surface area contributed by atoms with E-state index in [2.05, 4.69) is 5.32 Å². The minimum absolute atomic E-state index is 0.0388. The van der Waals surface area contributed by atoms with Gasteiger partial charge >= 0.3 is 0 Å². The van der Waals surface area contributed by atoms with E-state index >= 15 is 0 Å². The molecule has 0 bridgehead atoms. The molecule has 0 saturated carbocycles. The van der Waals surface area contributed by atoms with Gasteiger partial charge in [0.05, 0.1) is 0 Å². The van der Waals surface area contributed by atoms with Gasteiger partial charge in [-0.15, -0.1) is 0 Å². The van der Waals surface area contributed by atoms with Gasteiger partial charge in [0, 0.05) is 20.0 Å². The molecular formula is C5H8NO2. The van der Waals surface area contributed by atoms with Crippen molar-refractivity contribution >= 4 is 5.91 Å². The average molecular weight is 114 g/mol. The van der Waals surface area contributed by atoms with E-state index in [-0.39, 0.29) is 12.1 Å². The number of hydrogen-bond donors (Lipinski definition) is 1. The van der Waals surface area contributed by atoms with Crippen molar-refractivity contribution in [3.05, 3.63) is 6.42 Å². The predicted octanol–water partition coefficient (Wildman–Crippen LogP) is -0.317. The zero-order valence-corrected chi connectivity index (χ0v) is 4.68. The maximum Gasteiger partial charge on any atom is 0.222 e. The SMILES string of the molecule is COC1[CH]CC(=O)N1. The van der Waals surface area contributed by atoms with Gasteiger partial charge in [-0.25, -0.2) is 0 Å². The first kappa shape index (κ1) is 5.56. The van der Waals surface area contributed by atoms with Crippen molar-refractivity contribution in [3.8, 4) is 0 Å². The lowest BCUT2D eigenvalue weighted by molar-refractivity contribution is -0.120. The lowest BCUT2D eigenvalue weighted by atomic mass is 10.4. The van der Waals surface area contributed by atoms with E-state index in [1.54, 1.807) is 13.5 Å². The summed E-state index contributed by atoms with van der Waals surface area (Å²) in [5, 5.41) is 2.59. The van der Waals surface area contributed by atoms with Crippen molar-refractivity contribution in [2.24, 2.45) is 0 Å². The predicted molar refractivity (Wildman–Crippen MR) is 27.9 cm³/mol. The third kappa shape index (κ3) is 0.980. The second-order valence-electron chi connectivity index (χ2n) is 1.66. The van der Waals surface area contributed by atoms with Gasteiger partial charge in [-0.3, -0.25) is 4.79 Å². The van der Waals surface area contributed by atoms with E-state index in [1.807, 2.05) is 0 Å². The molecule has 1 amide bonds. The van der Waals surface area contributed by atoms with Crippen molar-refractivity contribution < 1.29 is 9.53 Å². The zero-order chi connectivity index (χ0) is 5.98. The monoisotopic (exact) mass is 114 g/mol. The molecule has 1 fully saturated rings. The highest BCUT2D eigenvalue weighted by molar-refractivity contribution is 5.80. The largest absolute Gasteiger partial charge is 0.361 e. The van der Waals surface area contributed by atoms with Crippen LogP contribution in [0.3, 0.4) is 0 Å². The minimum Gasteiger partial charge on any atom is -0.361 e. The van der Waals surface area contributed by atoms with Crippen LogP contribution in [0.1, 0.15) is 6.42 Å². The number of methoxy groups -OCH3 is 1. The van der Waals surface area contributed by atoms with Crippen LogP contribution in [0.2, 0.25) is 0 Å². The van der Waals surface area contributed by atoms with Crippen LogP contribution >= 0.6 is 0 Å². The highest BCUT2D eigenvalue weighted by atomic mass is 16.5. The van der Waals surface area contributed by atoms with Gasteiger partial charge in [-0.05, 0) is 0 Å². The molecule has 1 unspecified atom stereocenters. The topological polar surface area (TPSA) is 38.3 Å². The highest BCUT2D eigenvalue weighted by Gasteiger charge is 2.19. The van der Waals surface area contributed by atoms with Gasteiger partial charge in [0.1, 0.15) is 6.23 Å². The number of amides is 1. The molecule has 3 nitrogen and oxygen atoms in total. The molecule has 3 heteroatoms. The van der Waals surface area contributed by atoms with Crippen molar-refractivity contribution in [3.63, 3.8) is 0 Å². The van der Waals surface area contributed by atoms with Gasteiger partial charge in [0.25, 0.3) is 0 Å². The lowest BCUT2D eigenvalue weighted by Gasteiger charge is -2.03. The first-order valence-corrected chi connectivity index (χ1v) is 2.48. The quantitative estimate of drug-likeness (QED) is 0.507. The molecule has 45 valence electrons. The third-order valence-electron chi connectivity index (χ3n) is 1.07.